The Morgan fingerprint density at radius 2 is 2.29 bits per heavy atom. The molecule has 4 heteroatoms. The second kappa shape index (κ2) is 4.13. The van der Waals surface area contributed by atoms with Gasteiger partial charge in [0, 0.05) is 5.39 Å². The van der Waals surface area contributed by atoms with Gasteiger partial charge in [0.25, 0.3) is 0 Å². The molecule has 1 atom stereocenters. The van der Waals surface area contributed by atoms with Gasteiger partial charge in [-0.15, -0.1) is 0 Å². The number of nitrogens with two attached hydrogens (primary N) is 1. The first kappa shape index (κ1) is 10.7. The van der Waals surface area contributed by atoms with Crippen LogP contribution < -0.4 is 11.3 Å². The van der Waals surface area contributed by atoms with E-state index in [0.717, 1.165) is 23.5 Å². The molecule has 1 heterocycles. The van der Waals surface area contributed by atoms with Crippen LogP contribution in [0.15, 0.2) is 28.7 Å². The number of para-hydroxylation sites is 1. The molecule has 3 rings (SSSR count). The highest BCUT2D eigenvalue weighted by molar-refractivity contribution is 5.78. The molecule has 0 bridgehead atoms. The molecule has 3 nitrogen and oxygen atoms in total. The van der Waals surface area contributed by atoms with E-state index in [9.17, 15) is 4.39 Å². The van der Waals surface area contributed by atoms with E-state index in [1.54, 1.807) is 6.07 Å². The van der Waals surface area contributed by atoms with Crippen LogP contribution in [0.1, 0.15) is 31.1 Å². The van der Waals surface area contributed by atoms with Crippen molar-refractivity contribution in [3.8, 4) is 0 Å². The molecule has 1 aromatic heterocycles. The lowest BCUT2D eigenvalue weighted by molar-refractivity contribution is 0.397. The molecule has 1 aliphatic rings. The maximum absolute atomic E-state index is 13.5. The first-order valence-corrected chi connectivity index (χ1v) is 5.92. The summed E-state index contributed by atoms with van der Waals surface area (Å²) >= 11 is 0. The quantitative estimate of drug-likeness (QED) is 0.631. The standard InChI is InChI=1S/C13H15FN2O/c14-10-3-1-2-9-7-12(17-13(9)10)11(16-15)6-8-4-5-8/h1-3,7-8,11,16H,4-6,15H2. The lowest BCUT2D eigenvalue weighted by Crippen LogP contribution is -2.28. The van der Waals surface area contributed by atoms with E-state index in [4.69, 9.17) is 10.3 Å². The molecule has 0 saturated heterocycles. The largest absolute Gasteiger partial charge is 0.456 e. The number of halogens is 1. The van der Waals surface area contributed by atoms with E-state index in [-0.39, 0.29) is 11.9 Å². The minimum absolute atomic E-state index is 0.0192. The highest BCUT2D eigenvalue weighted by Gasteiger charge is 2.27. The summed E-state index contributed by atoms with van der Waals surface area (Å²) in [5.41, 5.74) is 3.07. The van der Waals surface area contributed by atoms with Gasteiger partial charge in [0.1, 0.15) is 5.76 Å². The molecule has 0 radical (unpaired) electrons. The van der Waals surface area contributed by atoms with Crippen LogP contribution in [-0.4, -0.2) is 0 Å². The fourth-order valence-electron chi connectivity index (χ4n) is 2.17. The number of benzene rings is 1. The summed E-state index contributed by atoms with van der Waals surface area (Å²) in [5, 5.41) is 0.788. The van der Waals surface area contributed by atoms with Gasteiger partial charge in [0.2, 0.25) is 0 Å². The van der Waals surface area contributed by atoms with Crippen molar-refractivity contribution in [3.05, 3.63) is 35.8 Å². The van der Waals surface area contributed by atoms with Crippen LogP contribution in [0.3, 0.4) is 0 Å². The zero-order chi connectivity index (χ0) is 11.8. The van der Waals surface area contributed by atoms with Crippen molar-refractivity contribution in [2.24, 2.45) is 11.8 Å². The molecule has 0 aliphatic heterocycles. The van der Waals surface area contributed by atoms with Crippen LogP contribution in [0.25, 0.3) is 11.0 Å². The first-order valence-electron chi connectivity index (χ1n) is 5.92. The predicted octanol–water partition coefficient (Wildman–Crippen LogP) is 2.88. The molecule has 1 fully saturated rings. The molecule has 1 aromatic carbocycles. The van der Waals surface area contributed by atoms with E-state index in [1.165, 1.54) is 18.9 Å². The Kier molecular flexibility index (Phi) is 2.61. The summed E-state index contributed by atoms with van der Waals surface area (Å²) < 4.78 is 19.1. The smallest absolute Gasteiger partial charge is 0.169 e. The van der Waals surface area contributed by atoms with Gasteiger partial charge in [0.05, 0.1) is 6.04 Å². The van der Waals surface area contributed by atoms with Gasteiger partial charge < -0.3 is 4.42 Å². The van der Waals surface area contributed by atoms with E-state index in [2.05, 4.69) is 5.43 Å². The number of hydrogen-bond donors (Lipinski definition) is 2. The van der Waals surface area contributed by atoms with Gasteiger partial charge >= 0.3 is 0 Å². The molecule has 0 amide bonds. The van der Waals surface area contributed by atoms with Crippen LogP contribution in [0.5, 0.6) is 0 Å². The molecule has 1 unspecified atom stereocenters. The van der Waals surface area contributed by atoms with Crippen LogP contribution >= 0.6 is 0 Å². The third kappa shape index (κ3) is 2.06. The number of rotatable bonds is 4. The summed E-state index contributed by atoms with van der Waals surface area (Å²) in [4.78, 5) is 0. The van der Waals surface area contributed by atoms with Gasteiger partial charge in [-0.1, -0.05) is 25.0 Å². The van der Waals surface area contributed by atoms with E-state index >= 15 is 0 Å². The number of hydrogen-bond acceptors (Lipinski definition) is 3. The Balaban J connectivity index is 1.95. The van der Waals surface area contributed by atoms with Crippen LogP contribution in [0, 0.1) is 11.7 Å². The lowest BCUT2D eigenvalue weighted by Gasteiger charge is -2.11. The van der Waals surface area contributed by atoms with Crippen LogP contribution in [0.4, 0.5) is 4.39 Å². The third-order valence-corrected chi connectivity index (χ3v) is 3.33. The zero-order valence-electron chi connectivity index (χ0n) is 9.45. The van der Waals surface area contributed by atoms with Crippen LogP contribution in [-0.2, 0) is 0 Å². The second-order valence-electron chi connectivity index (χ2n) is 4.71. The summed E-state index contributed by atoms with van der Waals surface area (Å²) in [6.45, 7) is 0. The van der Waals surface area contributed by atoms with Crippen molar-refractivity contribution in [1.82, 2.24) is 5.43 Å². The van der Waals surface area contributed by atoms with Gasteiger partial charge in [-0.3, -0.25) is 5.84 Å². The maximum atomic E-state index is 13.5. The average molecular weight is 234 g/mol. The Morgan fingerprint density at radius 1 is 1.47 bits per heavy atom. The topological polar surface area (TPSA) is 51.2 Å². The molecule has 2 aromatic rings. The van der Waals surface area contributed by atoms with Crippen molar-refractivity contribution >= 4 is 11.0 Å². The summed E-state index contributed by atoms with van der Waals surface area (Å²) in [6, 6.07) is 6.78. The lowest BCUT2D eigenvalue weighted by atomic mass is 10.1. The fraction of sp³-hybridized carbons (Fsp3) is 0.385. The van der Waals surface area contributed by atoms with Crippen molar-refractivity contribution < 1.29 is 8.81 Å². The first-order chi connectivity index (χ1) is 8.28. The van der Waals surface area contributed by atoms with Gasteiger partial charge in [0.15, 0.2) is 11.4 Å². The van der Waals surface area contributed by atoms with Gasteiger partial charge in [-0.05, 0) is 24.5 Å². The number of nitrogens with one attached hydrogen (secondary N) is 1. The Labute approximate surface area is 98.8 Å². The zero-order valence-corrected chi connectivity index (χ0v) is 9.45. The monoisotopic (exact) mass is 234 g/mol. The third-order valence-electron chi connectivity index (χ3n) is 3.33. The molecule has 1 aliphatic carbocycles. The van der Waals surface area contributed by atoms with Crippen LogP contribution in [0.2, 0.25) is 0 Å². The molecule has 90 valence electrons. The van der Waals surface area contributed by atoms with Crippen molar-refractivity contribution in [1.29, 1.82) is 0 Å². The normalized spacial score (nSPS) is 17.5. The fourth-order valence-corrected chi connectivity index (χ4v) is 2.17. The highest BCUT2D eigenvalue weighted by atomic mass is 19.1. The van der Waals surface area contributed by atoms with Gasteiger partial charge in [-0.2, -0.15) is 0 Å². The Hall–Kier alpha value is -1.39. The SMILES string of the molecule is NNC(CC1CC1)c1cc2cccc(F)c2o1. The molecular formula is C13H15FN2O. The molecule has 17 heavy (non-hydrogen) atoms. The van der Waals surface area contributed by atoms with Crippen molar-refractivity contribution in [2.45, 2.75) is 25.3 Å². The van der Waals surface area contributed by atoms with E-state index in [1.807, 2.05) is 12.1 Å². The summed E-state index contributed by atoms with van der Waals surface area (Å²) in [7, 11) is 0. The highest BCUT2D eigenvalue weighted by Crippen LogP contribution is 2.38. The number of hydrazine groups is 1. The second-order valence-corrected chi connectivity index (χ2v) is 4.71. The summed E-state index contributed by atoms with van der Waals surface area (Å²) in [5.74, 6) is 6.67. The minimum atomic E-state index is -0.323. The van der Waals surface area contributed by atoms with Crippen molar-refractivity contribution in [3.63, 3.8) is 0 Å². The Bertz CT molecular complexity index is 533. The predicted molar refractivity (Wildman–Crippen MR) is 63.6 cm³/mol. The average Bonchev–Trinajstić information content (AvgIpc) is 3.04. The Morgan fingerprint density at radius 3 is 2.94 bits per heavy atom. The number of furan rings is 1. The molecular weight excluding hydrogens is 219 g/mol. The minimum Gasteiger partial charge on any atom is -0.456 e. The van der Waals surface area contributed by atoms with Crippen molar-refractivity contribution in [2.75, 3.05) is 0 Å². The molecule has 1 saturated carbocycles. The van der Waals surface area contributed by atoms with E-state index < -0.39 is 0 Å². The number of fused-ring (bicyclic) bond motifs is 1. The maximum Gasteiger partial charge on any atom is 0.169 e. The van der Waals surface area contributed by atoms with Gasteiger partial charge in [-0.25, -0.2) is 9.82 Å². The summed E-state index contributed by atoms with van der Waals surface area (Å²) in [6.07, 6.45) is 3.47. The molecule has 3 N–H and O–H groups in total. The van der Waals surface area contributed by atoms with E-state index in [0.29, 0.717) is 5.58 Å². The molecule has 0 spiro atoms.